The van der Waals surface area contributed by atoms with Crippen molar-refractivity contribution >= 4 is 129 Å². The second-order valence-electron chi connectivity index (χ2n) is 34.0. The lowest BCUT2D eigenvalue weighted by Crippen LogP contribution is -2.62. The number of likely N-dealkylation sites (N-methyl/N-ethyl adjacent to an activating group) is 3. The molecule has 43 heteroatoms. The van der Waals surface area contributed by atoms with E-state index >= 15 is 47.5 Å². The molecule has 18 N–H and O–H groups in total. The van der Waals surface area contributed by atoms with Crippen molar-refractivity contribution in [2.75, 3.05) is 52.3 Å². The van der Waals surface area contributed by atoms with Gasteiger partial charge in [-0.25, -0.2) is 8.78 Å². The molecule has 6 aromatic rings. The topological polar surface area (TPSA) is 595 Å². The van der Waals surface area contributed by atoms with Gasteiger partial charge in [-0.3, -0.25) is 86.3 Å². The summed E-state index contributed by atoms with van der Waals surface area (Å²) in [4.78, 5) is 270. The third-order valence-corrected chi connectivity index (χ3v) is 24.6. The zero-order valence-electron chi connectivity index (χ0n) is 75.1. The average molecular weight is 1900 g/mol. The van der Waals surface area contributed by atoms with Crippen LogP contribution in [0.2, 0.25) is 0 Å². The standard InChI is InChI=1S/C92H114F2N16O24S/c1-7-8-23-69-91(133)110-46-57(113)41-72(110)87(129)103-66(42-78(120)121)84(126)105-79(49(2)3)92(134)107(5)70(37-50-17-11-9-12-18-50)85(127)100-63(31-33-77(118)119)89(131)109-45-56(112)40-71(109)86(128)102-65(39-54-43-96-61-22-16-15-21-58(54)61)83(125)101-64(35-52-24-27-55(111)28-25-52)82(124)99-62(30-32-76(116)117)81(123)104-68(80(122)97-44-74(95)114)47-135-48-75(115)98-67(36-53-26-29-59(93)60(94)34-53)88(130)108(6)73(90(132)106(69)4)38-51-19-13-10-14-20-51/h9-22,24-29,34,43,49,56-57,62-73,79,96,111-113H,7-8,23,30-33,35-42,44-48H2,1-6H3,(H2,95,114)(H,97,122)(H,98,115)(H,99,124)(H,100,127)(H,101,125)(H,102,128)(H,103,129)(H,104,123)(H,105,126)(H,116,117)(H,118,119)(H,120,121)/t56-,57-,62+,63+,64+,65+,66+,67+,68+,69+,70-,71-,72-,73+,79+/m1/s1. The van der Waals surface area contributed by atoms with Crippen LogP contribution in [0.25, 0.3) is 10.9 Å². The molecule has 0 bridgehead atoms. The molecule has 40 nitrogen and oxygen atoms in total. The lowest BCUT2D eigenvalue weighted by atomic mass is 9.98. The number of aromatic nitrogens is 1. The normalized spacial score (nSPS) is 24.4. The van der Waals surface area contributed by atoms with Gasteiger partial charge in [-0.2, -0.15) is 0 Å². The number of aliphatic hydroxyl groups excluding tert-OH is 2. The Hall–Kier alpha value is -14.0. The van der Waals surface area contributed by atoms with Crippen molar-refractivity contribution in [3.8, 4) is 5.75 Å². The highest BCUT2D eigenvalue weighted by Crippen LogP contribution is 2.29. The number of carboxylic acid groups (broad SMARTS) is 3. The van der Waals surface area contributed by atoms with Crippen LogP contribution in [0.15, 0.2) is 134 Å². The number of hydrogen-bond acceptors (Lipinski definition) is 22. The number of phenolic OH excluding ortho intramolecular Hbond substituents is 1. The first-order chi connectivity index (χ1) is 64.1. The molecule has 9 rings (SSSR count). The highest BCUT2D eigenvalue weighted by Gasteiger charge is 2.48. The Bertz CT molecular complexity index is 5310. The van der Waals surface area contributed by atoms with E-state index in [-0.39, 0.29) is 42.6 Å². The predicted octanol–water partition coefficient (Wildman–Crippen LogP) is -0.653. The highest BCUT2D eigenvalue weighted by molar-refractivity contribution is 8.00. The molecule has 4 heterocycles. The Balaban J connectivity index is 1.15. The smallest absolute Gasteiger partial charge is 0.305 e. The zero-order chi connectivity index (χ0) is 98.8. The number of para-hydroxylation sites is 1. The van der Waals surface area contributed by atoms with Crippen molar-refractivity contribution < 1.29 is 126 Å². The largest absolute Gasteiger partial charge is 0.508 e. The Kier molecular flexibility index (Phi) is 38.1. The van der Waals surface area contributed by atoms with Crippen LogP contribution in [0.5, 0.6) is 5.75 Å². The zero-order valence-corrected chi connectivity index (χ0v) is 75.9. The summed E-state index contributed by atoms with van der Waals surface area (Å²) in [5.41, 5.74) is 7.32. The number of phenols is 1. The molecule has 135 heavy (non-hydrogen) atoms. The van der Waals surface area contributed by atoms with Gasteiger partial charge in [0.15, 0.2) is 11.6 Å². The van der Waals surface area contributed by atoms with Gasteiger partial charge < -0.3 is 114 Å². The van der Waals surface area contributed by atoms with Gasteiger partial charge in [0.05, 0.1) is 30.9 Å². The molecule has 1 aromatic heterocycles. The second kappa shape index (κ2) is 49.1. The first-order valence-electron chi connectivity index (χ1n) is 43.9. The fourth-order valence-corrected chi connectivity index (χ4v) is 17.1. The van der Waals surface area contributed by atoms with Crippen LogP contribution >= 0.6 is 11.8 Å². The predicted molar refractivity (Wildman–Crippen MR) is 481 cm³/mol. The minimum Gasteiger partial charge on any atom is -0.508 e. The number of hydrogen-bond donors (Lipinski definition) is 17. The summed E-state index contributed by atoms with van der Waals surface area (Å²) in [5, 5.41) is 86.8. The van der Waals surface area contributed by atoms with Gasteiger partial charge in [0, 0.05) is 115 Å². The lowest BCUT2D eigenvalue weighted by molar-refractivity contribution is -0.152. The summed E-state index contributed by atoms with van der Waals surface area (Å²) in [6.45, 7) is 2.65. The summed E-state index contributed by atoms with van der Waals surface area (Å²) in [6.07, 6.45) is -8.57. The number of fused-ring (bicyclic) bond motifs is 3. The number of halogens is 2. The van der Waals surface area contributed by atoms with E-state index in [1.54, 1.807) is 91.9 Å². The molecule has 0 radical (unpaired) electrons. The number of aliphatic hydroxyl groups is 2. The molecule has 726 valence electrons. The SMILES string of the molecule is CCCC[C@H]1C(=O)N2C[C@H](O)C[C@@H]2C(=O)N[C@@H](CC(=O)O)C(=O)N[C@@H](C(C)C)C(=O)N(C)[C@H](Cc2ccccc2)C(=O)N[C@@H](CCC(=O)O)C(=O)N2C[C@H](O)C[C@@H]2C(=O)N[C@@H](Cc2c[nH]c3ccccc23)C(=O)N[C@@H](Cc2ccc(O)cc2)C(=O)N[C@@H](CCC(=O)O)C(=O)N[C@H](C(=O)NCC(N)=O)CSCC(=O)N[C@@H](Cc2ccc(F)c(F)c2)C(=O)N(C)[C@@H](Cc2ccccc2)C(=O)N1C. The molecule has 3 aliphatic rings. The minimum absolute atomic E-state index is 0.0704. The molecule has 3 fully saturated rings. The van der Waals surface area contributed by atoms with Crippen molar-refractivity contribution in [2.45, 2.75) is 208 Å². The van der Waals surface area contributed by atoms with E-state index in [0.29, 0.717) is 45.8 Å². The molecule has 0 saturated carbocycles. The third kappa shape index (κ3) is 29.5. The first kappa shape index (κ1) is 105. The molecular formula is C92H114F2N16O24S. The minimum atomic E-state index is -2.07. The Labute approximate surface area is 779 Å². The van der Waals surface area contributed by atoms with Crippen LogP contribution in [0, 0.1) is 17.6 Å². The number of benzene rings is 5. The van der Waals surface area contributed by atoms with Gasteiger partial charge in [-0.1, -0.05) is 131 Å². The highest BCUT2D eigenvalue weighted by atomic mass is 32.2. The van der Waals surface area contributed by atoms with E-state index in [0.717, 1.165) is 49.7 Å². The van der Waals surface area contributed by atoms with Crippen molar-refractivity contribution in [2.24, 2.45) is 11.7 Å². The van der Waals surface area contributed by atoms with E-state index < -0.39 is 310 Å². The average Bonchev–Trinajstić information content (AvgIpc) is 1.77. The van der Waals surface area contributed by atoms with Gasteiger partial charge in [-0.05, 0) is 83.3 Å². The van der Waals surface area contributed by atoms with Crippen LogP contribution in [0.4, 0.5) is 8.78 Å². The van der Waals surface area contributed by atoms with E-state index in [1.165, 1.54) is 58.4 Å². The molecule has 0 aliphatic carbocycles. The summed E-state index contributed by atoms with van der Waals surface area (Å²) >= 11 is 0.607. The maximum absolute atomic E-state index is 15.7. The lowest BCUT2D eigenvalue weighted by Gasteiger charge is -2.38. The van der Waals surface area contributed by atoms with Crippen LogP contribution in [-0.2, 0) is 118 Å². The second-order valence-corrected chi connectivity index (χ2v) is 35.0. The number of H-pyrrole nitrogens is 1. The molecule has 3 saturated heterocycles. The van der Waals surface area contributed by atoms with Gasteiger partial charge in [0.1, 0.15) is 84.3 Å². The molecule has 15 amide bonds. The number of thioether (sulfide) groups is 1. The van der Waals surface area contributed by atoms with Gasteiger partial charge in [0.25, 0.3) is 0 Å². The summed E-state index contributed by atoms with van der Waals surface area (Å²) in [7, 11) is 3.59. The molecular weight excluding hydrogens is 1780 g/mol. The number of aromatic hydroxyl groups is 1. The number of primary amides is 1. The van der Waals surface area contributed by atoms with Crippen LogP contribution < -0.4 is 53.6 Å². The first-order valence-corrected chi connectivity index (χ1v) is 45.1. The summed E-state index contributed by atoms with van der Waals surface area (Å²) < 4.78 is 29.8. The summed E-state index contributed by atoms with van der Waals surface area (Å²) in [5.74, 6) is -26.6. The van der Waals surface area contributed by atoms with Crippen LogP contribution in [0.3, 0.4) is 0 Å². The number of rotatable bonds is 25. The molecule has 3 aliphatic heterocycles. The monoisotopic (exact) mass is 1900 g/mol. The van der Waals surface area contributed by atoms with Crippen LogP contribution in [0.1, 0.15) is 113 Å². The maximum Gasteiger partial charge on any atom is 0.305 e. The number of carbonyl (C=O) groups is 18. The number of carbonyl (C=O) groups excluding carboxylic acids is 15. The molecule has 5 aromatic carbocycles. The van der Waals surface area contributed by atoms with Crippen molar-refractivity contribution in [1.29, 1.82) is 0 Å². The maximum atomic E-state index is 15.7. The van der Waals surface area contributed by atoms with Crippen molar-refractivity contribution in [3.05, 3.63) is 173 Å². The van der Waals surface area contributed by atoms with E-state index in [1.807, 2.05) is 0 Å². The van der Waals surface area contributed by atoms with Crippen molar-refractivity contribution in [3.63, 3.8) is 0 Å². The number of amides is 15. The van der Waals surface area contributed by atoms with Crippen molar-refractivity contribution in [1.82, 2.24) is 77.3 Å². The van der Waals surface area contributed by atoms with E-state index in [4.69, 9.17) is 5.73 Å². The number of carboxylic acids is 3. The summed E-state index contributed by atoms with van der Waals surface area (Å²) in [6, 6.07) is 7.46. The number of aliphatic carboxylic acids is 3. The Morgan fingerprint density at radius 1 is 0.489 bits per heavy atom. The molecule has 15 atom stereocenters. The van der Waals surface area contributed by atoms with Crippen LogP contribution in [-0.4, -0.2) is 310 Å². The Morgan fingerprint density at radius 2 is 0.985 bits per heavy atom. The van der Waals surface area contributed by atoms with Gasteiger partial charge >= 0.3 is 17.9 Å². The fraction of sp³-hybridized carbons (Fsp3) is 0.457. The number of nitrogens with one attached hydrogen (secondary N) is 10. The number of nitrogens with two attached hydrogens (primary N) is 1. The number of unbranched alkanes of at least 4 members (excludes halogenated alkanes) is 1. The Morgan fingerprint density at radius 3 is 1.56 bits per heavy atom. The molecule has 0 unspecified atom stereocenters. The van der Waals surface area contributed by atoms with Gasteiger partial charge in [0.2, 0.25) is 88.6 Å². The van der Waals surface area contributed by atoms with E-state index in [2.05, 4.69) is 52.8 Å². The fourth-order valence-electron chi connectivity index (χ4n) is 16.2. The van der Waals surface area contributed by atoms with E-state index in [9.17, 15) is 78.2 Å². The quantitative estimate of drug-likeness (QED) is 0.0338. The number of nitrogens with zero attached hydrogens (tertiary/aromatic N) is 5. The third-order valence-electron chi connectivity index (χ3n) is 23.6. The molecule has 0 spiro atoms. The number of aromatic amines is 1. The van der Waals surface area contributed by atoms with Gasteiger partial charge in [-0.15, -0.1) is 11.8 Å².